The van der Waals surface area contributed by atoms with Gasteiger partial charge in [0.05, 0.1) is 35.2 Å². The van der Waals surface area contributed by atoms with Crippen molar-refractivity contribution in [3.63, 3.8) is 0 Å². The lowest BCUT2D eigenvalue weighted by molar-refractivity contribution is 0.0695. The molecule has 2 aromatic rings. The molecule has 2 fully saturated rings. The molecular weight excluding hydrogens is 353 g/mol. The van der Waals surface area contributed by atoms with Crippen molar-refractivity contribution >= 4 is 34.8 Å². The van der Waals surface area contributed by atoms with Crippen molar-refractivity contribution in [1.82, 2.24) is 14.4 Å². The van der Waals surface area contributed by atoms with Gasteiger partial charge in [-0.25, -0.2) is 9.18 Å². The Balaban J connectivity index is 1.99. The minimum absolute atomic E-state index is 0.0770. The third kappa shape index (κ3) is 2.74. The molecule has 0 atom stereocenters. The van der Waals surface area contributed by atoms with E-state index in [-0.39, 0.29) is 21.9 Å². The van der Waals surface area contributed by atoms with E-state index in [0.717, 1.165) is 51.1 Å². The van der Waals surface area contributed by atoms with Gasteiger partial charge in [0.2, 0.25) is 0 Å². The second-order valence-electron chi connectivity index (χ2n) is 7.29. The Morgan fingerprint density at radius 3 is 2.65 bits per heavy atom. The summed E-state index contributed by atoms with van der Waals surface area (Å²) in [5.74, 6) is -1.35. The zero-order chi connectivity index (χ0) is 18.5. The average Bonchev–Trinajstić information content (AvgIpc) is 3.47. The summed E-state index contributed by atoms with van der Waals surface area (Å²) in [4.78, 5) is 11.6. The number of hydrogen-bond acceptors (Lipinski definition) is 3. The Bertz CT molecular complexity index is 946. The molecule has 0 radical (unpaired) electrons. The number of carbonyl (C=O) groups is 1. The van der Waals surface area contributed by atoms with E-state index in [1.807, 2.05) is 10.6 Å². The molecule has 4 rings (SSSR count). The molecule has 26 heavy (non-hydrogen) atoms. The van der Waals surface area contributed by atoms with Crippen LogP contribution in [0, 0.1) is 10.3 Å². The number of quaternary nitrogens is 1. The Morgan fingerprint density at radius 1 is 1.38 bits per heavy atom. The molecule has 2 aliphatic rings. The van der Waals surface area contributed by atoms with E-state index in [2.05, 4.69) is 12.2 Å². The number of pyridine rings is 1. The maximum absolute atomic E-state index is 15.2. The van der Waals surface area contributed by atoms with Crippen LogP contribution in [0.15, 0.2) is 18.3 Å². The van der Waals surface area contributed by atoms with Crippen molar-refractivity contribution in [3.05, 3.63) is 34.2 Å². The minimum Gasteiger partial charge on any atom is -0.478 e. The van der Waals surface area contributed by atoms with E-state index in [1.165, 1.54) is 6.07 Å². The van der Waals surface area contributed by atoms with Gasteiger partial charge in [0.15, 0.2) is 11.5 Å². The SMILES string of the molecule is CC[N+]1(c2cc3c(cc2F)c(=S)c(C(=O)O)cn3C2CC2)CCNCC1. The van der Waals surface area contributed by atoms with Crippen LogP contribution in [-0.4, -0.2) is 48.4 Å². The van der Waals surface area contributed by atoms with Crippen molar-refractivity contribution in [2.75, 3.05) is 32.7 Å². The maximum atomic E-state index is 15.2. The van der Waals surface area contributed by atoms with Crippen LogP contribution in [0.25, 0.3) is 10.9 Å². The van der Waals surface area contributed by atoms with E-state index < -0.39 is 5.97 Å². The lowest BCUT2D eigenvalue weighted by atomic mass is 10.1. The molecule has 138 valence electrons. The molecule has 1 saturated carbocycles. The zero-order valence-electron chi connectivity index (χ0n) is 14.8. The van der Waals surface area contributed by atoms with Gasteiger partial charge in [-0.3, -0.25) is 4.48 Å². The standard InChI is InChI=1S/C19H22FN3O2S/c1-2-23(7-5-21-6-8-23)17-10-16-13(9-15(17)20)18(26)14(19(24)25)11-22(16)12-3-4-12/h9-12,21H,2-8H2,1H3/p+1. The van der Waals surface area contributed by atoms with Gasteiger partial charge in [-0.05, 0) is 25.8 Å². The molecule has 0 unspecified atom stereocenters. The van der Waals surface area contributed by atoms with Gasteiger partial charge in [0.1, 0.15) is 0 Å². The Labute approximate surface area is 156 Å². The van der Waals surface area contributed by atoms with E-state index in [9.17, 15) is 9.90 Å². The first kappa shape index (κ1) is 17.6. The normalized spacial score (nSPS) is 19.6. The Kier molecular flexibility index (Phi) is 4.33. The van der Waals surface area contributed by atoms with Gasteiger partial charge in [-0.1, -0.05) is 12.2 Å². The van der Waals surface area contributed by atoms with Crippen LogP contribution in [-0.2, 0) is 0 Å². The van der Waals surface area contributed by atoms with Gasteiger partial charge in [-0.15, -0.1) is 0 Å². The van der Waals surface area contributed by atoms with Gasteiger partial charge >= 0.3 is 5.97 Å². The van der Waals surface area contributed by atoms with Gasteiger partial charge < -0.3 is 15.0 Å². The predicted octanol–water partition coefficient (Wildman–Crippen LogP) is 3.47. The third-order valence-corrected chi connectivity index (χ3v) is 6.26. The molecule has 2 heterocycles. The monoisotopic (exact) mass is 376 g/mol. The first-order chi connectivity index (χ1) is 12.5. The second kappa shape index (κ2) is 6.40. The number of fused-ring (bicyclic) bond motifs is 1. The average molecular weight is 376 g/mol. The van der Waals surface area contributed by atoms with Crippen molar-refractivity contribution in [2.24, 2.45) is 0 Å². The smallest absolute Gasteiger partial charge is 0.338 e. The van der Waals surface area contributed by atoms with Gasteiger partial charge in [0.25, 0.3) is 0 Å². The highest BCUT2D eigenvalue weighted by Gasteiger charge is 2.35. The van der Waals surface area contributed by atoms with Gasteiger partial charge in [0, 0.05) is 36.8 Å². The fourth-order valence-corrected chi connectivity index (χ4v) is 4.38. The van der Waals surface area contributed by atoms with E-state index in [0.29, 0.717) is 15.6 Å². The molecule has 5 nitrogen and oxygen atoms in total. The maximum Gasteiger partial charge on any atom is 0.338 e. The number of nitrogens with one attached hydrogen (secondary N) is 1. The fraction of sp³-hybridized carbons (Fsp3) is 0.474. The van der Waals surface area contributed by atoms with Crippen molar-refractivity contribution in [1.29, 1.82) is 0 Å². The summed E-state index contributed by atoms with van der Waals surface area (Å²) in [5, 5.41) is 13.3. The molecule has 0 bridgehead atoms. The number of carboxylic acids is 1. The summed E-state index contributed by atoms with van der Waals surface area (Å²) in [5.41, 5.74) is 1.62. The van der Waals surface area contributed by atoms with Gasteiger partial charge in [-0.2, -0.15) is 0 Å². The van der Waals surface area contributed by atoms with E-state index >= 15 is 4.39 Å². The molecule has 1 aliphatic heterocycles. The number of aromatic carboxylic acids is 1. The number of hydrogen-bond donors (Lipinski definition) is 2. The molecule has 1 saturated heterocycles. The molecular formula is C19H23FN3O2S+. The van der Waals surface area contributed by atoms with Crippen LogP contribution < -0.4 is 9.80 Å². The topological polar surface area (TPSA) is 54.3 Å². The number of rotatable bonds is 4. The van der Waals surface area contributed by atoms with Crippen LogP contribution in [0.5, 0.6) is 0 Å². The van der Waals surface area contributed by atoms with Crippen molar-refractivity contribution in [3.8, 4) is 0 Å². The number of piperazine rings is 1. The summed E-state index contributed by atoms with van der Waals surface area (Å²) in [6, 6.07) is 3.65. The van der Waals surface area contributed by atoms with E-state index in [1.54, 1.807) is 6.20 Å². The summed E-state index contributed by atoms with van der Waals surface area (Å²) in [6.45, 7) is 6.32. The summed E-state index contributed by atoms with van der Waals surface area (Å²) < 4.78 is 18.0. The van der Waals surface area contributed by atoms with Crippen molar-refractivity contribution < 1.29 is 14.3 Å². The molecule has 1 aromatic carbocycles. The molecule has 1 aromatic heterocycles. The van der Waals surface area contributed by atoms with Crippen LogP contribution in [0.2, 0.25) is 0 Å². The molecule has 7 heteroatoms. The lowest BCUT2D eigenvalue weighted by Crippen LogP contribution is -2.60. The summed E-state index contributed by atoms with van der Waals surface area (Å²) in [7, 11) is 0. The largest absolute Gasteiger partial charge is 0.478 e. The molecule has 2 N–H and O–H groups in total. The summed E-state index contributed by atoms with van der Waals surface area (Å²) in [6.07, 6.45) is 3.67. The Hall–Kier alpha value is -1.83. The van der Waals surface area contributed by atoms with Crippen LogP contribution in [0.4, 0.5) is 10.1 Å². The van der Waals surface area contributed by atoms with Crippen LogP contribution in [0.1, 0.15) is 36.2 Å². The van der Waals surface area contributed by atoms with E-state index in [4.69, 9.17) is 12.2 Å². The summed E-state index contributed by atoms with van der Waals surface area (Å²) >= 11 is 5.38. The highest BCUT2D eigenvalue weighted by atomic mass is 32.1. The minimum atomic E-state index is -1.06. The number of benzene rings is 1. The lowest BCUT2D eigenvalue weighted by Gasteiger charge is -2.40. The third-order valence-electron chi connectivity index (χ3n) is 5.82. The molecule has 0 amide bonds. The molecule has 1 aliphatic carbocycles. The highest BCUT2D eigenvalue weighted by molar-refractivity contribution is 7.71. The quantitative estimate of drug-likeness (QED) is 0.634. The number of nitrogens with zero attached hydrogens (tertiary/aromatic N) is 2. The number of aromatic nitrogens is 1. The Morgan fingerprint density at radius 2 is 2.08 bits per heavy atom. The molecule has 0 spiro atoms. The van der Waals surface area contributed by atoms with Crippen LogP contribution >= 0.6 is 12.2 Å². The highest BCUT2D eigenvalue weighted by Crippen LogP contribution is 2.40. The van der Waals surface area contributed by atoms with Crippen LogP contribution in [0.3, 0.4) is 0 Å². The fourth-order valence-electron chi connectivity index (χ4n) is 4.08. The zero-order valence-corrected chi connectivity index (χ0v) is 15.6. The number of carboxylic acid groups (broad SMARTS) is 1. The second-order valence-corrected chi connectivity index (χ2v) is 7.70. The number of halogens is 1. The number of likely N-dealkylation sites (N-methyl/N-ethyl adjacent to an activating group) is 1. The predicted molar refractivity (Wildman–Crippen MR) is 103 cm³/mol. The first-order valence-electron chi connectivity index (χ1n) is 9.16. The first-order valence-corrected chi connectivity index (χ1v) is 9.57. The van der Waals surface area contributed by atoms with Crippen molar-refractivity contribution in [2.45, 2.75) is 25.8 Å².